The number of nitrogens with one attached hydrogen (secondary N) is 2. The van der Waals surface area contributed by atoms with Crippen LogP contribution in [0.3, 0.4) is 0 Å². The third-order valence-corrected chi connectivity index (χ3v) is 5.33. The van der Waals surface area contributed by atoms with Crippen molar-refractivity contribution in [1.29, 1.82) is 0 Å². The number of hydrogen-bond donors (Lipinski definition) is 2. The predicted octanol–water partition coefficient (Wildman–Crippen LogP) is 4.18. The number of imidazole rings is 1. The van der Waals surface area contributed by atoms with Gasteiger partial charge >= 0.3 is 6.03 Å². The van der Waals surface area contributed by atoms with Crippen molar-refractivity contribution in [1.82, 2.24) is 14.0 Å². The van der Waals surface area contributed by atoms with Gasteiger partial charge < -0.3 is 10.6 Å². The first-order chi connectivity index (χ1) is 16.1. The highest BCUT2D eigenvalue weighted by Gasteiger charge is 2.15. The maximum Gasteiger partial charge on any atom is 0.323 e. The lowest BCUT2D eigenvalue weighted by Crippen LogP contribution is -2.26. The first-order valence-electron chi connectivity index (χ1n) is 10.3. The average Bonchev–Trinajstić information content (AvgIpc) is 3.33. The summed E-state index contributed by atoms with van der Waals surface area (Å²) in [6, 6.07) is 22.5. The highest BCUT2D eigenvalue weighted by molar-refractivity contribution is 6.01. The summed E-state index contributed by atoms with van der Waals surface area (Å²) >= 11 is 0. The van der Waals surface area contributed by atoms with Crippen molar-refractivity contribution in [3.63, 3.8) is 0 Å². The van der Waals surface area contributed by atoms with Crippen molar-refractivity contribution in [2.75, 3.05) is 10.6 Å². The number of fused-ring (bicyclic) bond motifs is 3. The molecule has 0 atom stereocenters. The average molecular weight is 437 g/mol. The Balaban J connectivity index is 1.35. The van der Waals surface area contributed by atoms with Crippen LogP contribution in [-0.2, 0) is 6.54 Å². The number of ketones is 1. The van der Waals surface area contributed by atoms with E-state index in [0.717, 1.165) is 5.52 Å². The van der Waals surface area contributed by atoms with Gasteiger partial charge in [-0.1, -0.05) is 30.3 Å². The molecule has 33 heavy (non-hydrogen) atoms. The summed E-state index contributed by atoms with van der Waals surface area (Å²) < 4.78 is 3.22. The maximum absolute atomic E-state index is 13.0. The van der Waals surface area contributed by atoms with Crippen molar-refractivity contribution in [2.45, 2.75) is 6.54 Å². The van der Waals surface area contributed by atoms with E-state index in [0.29, 0.717) is 28.0 Å². The second-order valence-corrected chi connectivity index (χ2v) is 7.48. The standard InChI is InChI=1S/C25H19N5O3/c31-22(15-29-23-14-26-16-30(23)21-9-5-4-8-20(21)24(29)32)17-10-12-19(13-11-17)28-25(33)27-18-6-2-1-3-7-18/h1-14,16H,15H2,(H2,27,28,33). The summed E-state index contributed by atoms with van der Waals surface area (Å²) in [4.78, 5) is 42.3. The lowest BCUT2D eigenvalue weighted by atomic mass is 10.1. The number of hydrogen-bond acceptors (Lipinski definition) is 4. The quantitative estimate of drug-likeness (QED) is 0.403. The number of rotatable bonds is 5. The number of Topliss-reactive ketones (excluding diaryl/α,β-unsaturated/α-hetero) is 1. The van der Waals surface area contributed by atoms with E-state index >= 15 is 0 Å². The Hall–Kier alpha value is -4.72. The monoisotopic (exact) mass is 437 g/mol. The number of carbonyl (C=O) groups is 2. The number of carbonyl (C=O) groups excluding carboxylic acids is 2. The van der Waals surface area contributed by atoms with E-state index in [2.05, 4.69) is 15.6 Å². The fourth-order valence-electron chi connectivity index (χ4n) is 3.73. The third-order valence-electron chi connectivity index (χ3n) is 5.33. The number of aromatic nitrogens is 3. The summed E-state index contributed by atoms with van der Waals surface area (Å²) in [6.45, 7) is -0.125. The predicted molar refractivity (Wildman–Crippen MR) is 127 cm³/mol. The first kappa shape index (κ1) is 20.2. The van der Waals surface area contributed by atoms with E-state index in [9.17, 15) is 14.4 Å². The van der Waals surface area contributed by atoms with Crippen LogP contribution in [-0.4, -0.2) is 25.8 Å². The third kappa shape index (κ3) is 3.97. The van der Waals surface area contributed by atoms with Crippen molar-refractivity contribution in [2.24, 2.45) is 0 Å². The molecule has 0 unspecified atom stereocenters. The molecule has 5 aromatic rings. The summed E-state index contributed by atoms with van der Waals surface area (Å²) in [6.07, 6.45) is 3.19. The van der Waals surface area contributed by atoms with Gasteiger partial charge in [0.15, 0.2) is 5.78 Å². The summed E-state index contributed by atoms with van der Waals surface area (Å²) in [7, 11) is 0. The van der Waals surface area contributed by atoms with Crippen LogP contribution < -0.4 is 16.2 Å². The van der Waals surface area contributed by atoms with Crippen LogP contribution >= 0.6 is 0 Å². The number of urea groups is 1. The van der Waals surface area contributed by atoms with E-state index in [-0.39, 0.29) is 23.9 Å². The Labute approximate surface area is 188 Å². The molecule has 0 aliphatic rings. The number of benzene rings is 3. The molecule has 2 heterocycles. The number of amides is 2. The van der Waals surface area contributed by atoms with Crippen LogP contribution in [0.15, 0.2) is 96.2 Å². The molecule has 2 amide bonds. The topological polar surface area (TPSA) is 97.5 Å². The second-order valence-electron chi connectivity index (χ2n) is 7.48. The minimum Gasteiger partial charge on any atom is -0.308 e. The van der Waals surface area contributed by atoms with Crippen molar-refractivity contribution < 1.29 is 9.59 Å². The van der Waals surface area contributed by atoms with Crippen molar-refractivity contribution >= 4 is 39.7 Å². The molecule has 162 valence electrons. The van der Waals surface area contributed by atoms with Crippen LogP contribution in [0.1, 0.15) is 10.4 Å². The summed E-state index contributed by atoms with van der Waals surface area (Å²) in [5.74, 6) is -0.226. The molecular formula is C25H19N5O3. The van der Waals surface area contributed by atoms with Gasteiger partial charge in [0, 0.05) is 16.9 Å². The molecule has 8 nitrogen and oxygen atoms in total. The van der Waals surface area contributed by atoms with Crippen LogP contribution in [0.25, 0.3) is 16.6 Å². The molecule has 0 bridgehead atoms. The van der Waals surface area contributed by atoms with Gasteiger partial charge in [-0.05, 0) is 48.5 Å². The Morgan fingerprint density at radius 2 is 1.48 bits per heavy atom. The molecule has 0 saturated heterocycles. The molecule has 5 rings (SSSR count). The maximum atomic E-state index is 13.0. The Kier molecular flexibility index (Phi) is 5.16. The largest absolute Gasteiger partial charge is 0.323 e. The van der Waals surface area contributed by atoms with Gasteiger partial charge in [-0.2, -0.15) is 0 Å². The van der Waals surface area contributed by atoms with Gasteiger partial charge in [0.1, 0.15) is 12.0 Å². The van der Waals surface area contributed by atoms with Gasteiger partial charge in [0.2, 0.25) is 0 Å². The molecule has 3 aromatic carbocycles. The van der Waals surface area contributed by atoms with E-state index in [1.54, 1.807) is 65.5 Å². The highest BCUT2D eigenvalue weighted by Crippen LogP contribution is 2.15. The molecule has 0 fully saturated rings. The SMILES string of the molecule is O=C(Nc1ccccc1)Nc1ccc(C(=O)Cn2c(=O)c3ccccc3n3cncc23)cc1. The molecule has 0 spiro atoms. The van der Waals surface area contributed by atoms with Crippen LogP contribution in [0.5, 0.6) is 0 Å². The molecule has 2 N–H and O–H groups in total. The normalized spacial score (nSPS) is 10.9. The molecule has 0 radical (unpaired) electrons. The minimum atomic E-state index is -0.383. The van der Waals surface area contributed by atoms with Crippen LogP contribution in [0, 0.1) is 0 Å². The summed E-state index contributed by atoms with van der Waals surface area (Å²) in [5, 5.41) is 5.97. The minimum absolute atomic E-state index is 0.125. The van der Waals surface area contributed by atoms with Gasteiger partial charge in [-0.15, -0.1) is 0 Å². The molecule has 0 saturated carbocycles. The zero-order valence-corrected chi connectivity index (χ0v) is 17.4. The number of nitrogens with zero attached hydrogens (tertiary/aromatic N) is 3. The van der Waals surface area contributed by atoms with Gasteiger partial charge in [0.05, 0.1) is 23.6 Å². The first-order valence-corrected chi connectivity index (χ1v) is 10.3. The second kappa shape index (κ2) is 8.43. The van der Waals surface area contributed by atoms with Crippen molar-refractivity contribution in [3.05, 3.63) is 107 Å². The van der Waals surface area contributed by atoms with E-state index in [1.165, 1.54) is 4.57 Å². The highest BCUT2D eigenvalue weighted by atomic mass is 16.2. The molecule has 0 aliphatic heterocycles. The molecule has 0 aliphatic carbocycles. The van der Waals surface area contributed by atoms with E-state index in [4.69, 9.17) is 0 Å². The zero-order valence-electron chi connectivity index (χ0n) is 17.4. The molecular weight excluding hydrogens is 418 g/mol. The smallest absolute Gasteiger partial charge is 0.308 e. The molecule has 8 heteroatoms. The Morgan fingerprint density at radius 3 is 2.24 bits per heavy atom. The number of anilines is 2. The van der Waals surface area contributed by atoms with Crippen molar-refractivity contribution in [3.8, 4) is 0 Å². The fourth-order valence-corrected chi connectivity index (χ4v) is 3.73. The Bertz CT molecular complexity index is 1540. The molecule has 2 aromatic heterocycles. The zero-order chi connectivity index (χ0) is 22.8. The lowest BCUT2D eigenvalue weighted by molar-refractivity contribution is 0.0972. The Morgan fingerprint density at radius 1 is 0.818 bits per heavy atom. The lowest BCUT2D eigenvalue weighted by Gasteiger charge is -2.11. The van der Waals surface area contributed by atoms with E-state index in [1.807, 2.05) is 30.3 Å². The van der Waals surface area contributed by atoms with Gasteiger partial charge in [-0.25, -0.2) is 9.78 Å². The van der Waals surface area contributed by atoms with Gasteiger partial charge in [-0.3, -0.25) is 18.6 Å². The summed E-state index contributed by atoms with van der Waals surface area (Å²) in [5.41, 5.74) is 2.69. The number of para-hydroxylation sites is 2. The van der Waals surface area contributed by atoms with Crippen LogP contribution in [0.2, 0.25) is 0 Å². The fraction of sp³-hybridized carbons (Fsp3) is 0.0400. The van der Waals surface area contributed by atoms with Gasteiger partial charge in [0.25, 0.3) is 5.56 Å². The van der Waals surface area contributed by atoms with Crippen LogP contribution in [0.4, 0.5) is 16.2 Å². The van der Waals surface area contributed by atoms with E-state index < -0.39 is 0 Å².